The third-order valence-corrected chi connectivity index (χ3v) is 4.58. The van der Waals surface area contributed by atoms with Crippen LogP contribution in [0, 0.1) is 11.8 Å². The first-order chi connectivity index (χ1) is 7.16. The second-order valence-corrected chi connectivity index (χ2v) is 5.82. The van der Waals surface area contributed by atoms with Crippen LogP contribution in [0.1, 0.15) is 46.0 Å². The molecule has 1 saturated heterocycles. The number of likely N-dealkylation sites (tertiary alicyclic amines) is 1. The number of hydrogen-bond donors (Lipinski definition) is 1. The standard InChI is InChI=1S/C13H26N2/c1-10-5-6-13(8-11(10)2)15-7-3-4-12(14)9-15/h10-13H,3-9,14H2,1-2H3. The lowest BCUT2D eigenvalue weighted by molar-refractivity contribution is 0.0846. The molecule has 2 aliphatic rings. The van der Waals surface area contributed by atoms with Gasteiger partial charge in [0.15, 0.2) is 0 Å². The van der Waals surface area contributed by atoms with E-state index in [1.165, 1.54) is 38.6 Å². The Labute approximate surface area is 94.2 Å². The molecule has 1 aliphatic carbocycles. The summed E-state index contributed by atoms with van der Waals surface area (Å²) >= 11 is 0. The van der Waals surface area contributed by atoms with Gasteiger partial charge in [0.05, 0.1) is 0 Å². The zero-order valence-electron chi connectivity index (χ0n) is 10.3. The maximum absolute atomic E-state index is 6.05. The molecule has 0 aromatic rings. The van der Waals surface area contributed by atoms with E-state index in [-0.39, 0.29) is 0 Å². The van der Waals surface area contributed by atoms with Gasteiger partial charge in [-0.25, -0.2) is 0 Å². The molecule has 0 spiro atoms. The van der Waals surface area contributed by atoms with Crippen molar-refractivity contribution in [2.45, 2.75) is 58.0 Å². The molecule has 2 rings (SSSR count). The van der Waals surface area contributed by atoms with E-state index < -0.39 is 0 Å². The average Bonchev–Trinajstić information content (AvgIpc) is 2.22. The summed E-state index contributed by atoms with van der Waals surface area (Å²) in [6.45, 7) is 7.26. The zero-order valence-corrected chi connectivity index (χ0v) is 10.3. The SMILES string of the molecule is CC1CCC(N2CCCC(N)C2)CC1C. The second kappa shape index (κ2) is 4.84. The van der Waals surface area contributed by atoms with E-state index >= 15 is 0 Å². The van der Waals surface area contributed by atoms with E-state index in [9.17, 15) is 0 Å². The van der Waals surface area contributed by atoms with Crippen molar-refractivity contribution in [3.63, 3.8) is 0 Å². The lowest BCUT2D eigenvalue weighted by atomic mass is 9.78. The predicted molar refractivity (Wildman–Crippen MR) is 64.7 cm³/mol. The smallest absolute Gasteiger partial charge is 0.0168 e. The van der Waals surface area contributed by atoms with Gasteiger partial charge in [-0.15, -0.1) is 0 Å². The Balaban J connectivity index is 1.87. The minimum atomic E-state index is 0.438. The van der Waals surface area contributed by atoms with Gasteiger partial charge in [0.1, 0.15) is 0 Å². The fraction of sp³-hybridized carbons (Fsp3) is 1.00. The summed E-state index contributed by atoms with van der Waals surface area (Å²) in [5.41, 5.74) is 6.05. The molecule has 2 heteroatoms. The highest BCUT2D eigenvalue weighted by atomic mass is 15.2. The molecule has 15 heavy (non-hydrogen) atoms. The minimum Gasteiger partial charge on any atom is -0.327 e. The van der Waals surface area contributed by atoms with Crippen LogP contribution in [0.4, 0.5) is 0 Å². The normalized spacial score (nSPS) is 44.2. The van der Waals surface area contributed by atoms with Crippen LogP contribution in [0.2, 0.25) is 0 Å². The van der Waals surface area contributed by atoms with Crippen molar-refractivity contribution in [3.8, 4) is 0 Å². The van der Waals surface area contributed by atoms with Crippen molar-refractivity contribution in [3.05, 3.63) is 0 Å². The van der Waals surface area contributed by atoms with Crippen molar-refractivity contribution < 1.29 is 0 Å². The van der Waals surface area contributed by atoms with Crippen LogP contribution in [0.3, 0.4) is 0 Å². The lowest BCUT2D eigenvalue weighted by Gasteiger charge is -2.42. The van der Waals surface area contributed by atoms with Crippen molar-refractivity contribution in [1.82, 2.24) is 4.90 Å². The Morgan fingerprint density at radius 1 is 1.07 bits per heavy atom. The number of piperidine rings is 1. The topological polar surface area (TPSA) is 29.3 Å². The molecule has 4 unspecified atom stereocenters. The summed E-state index contributed by atoms with van der Waals surface area (Å²) in [6.07, 6.45) is 6.75. The summed E-state index contributed by atoms with van der Waals surface area (Å²) in [7, 11) is 0. The Bertz CT molecular complexity index is 205. The van der Waals surface area contributed by atoms with Gasteiger partial charge >= 0.3 is 0 Å². The predicted octanol–water partition coefficient (Wildman–Crippen LogP) is 2.23. The molecule has 0 aromatic carbocycles. The van der Waals surface area contributed by atoms with E-state index in [4.69, 9.17) is 5.73 Å². The summed E-state index contributed by atoms with van der Waals surface area (Å²) in [6, 6.07) is 1.27. The zero-order chi connectivity index (χ0) is 10.8. The third kappa shape index (κ3) is 2.73. The Hall–Kier alpha value is -0.0800. The molecule has 0 bridgehead atoms. The maximum atomic E-state index is 6.05. The summed E-state index contributed by atoms with van der Waals surface area (Å²) in [4.78, 5) is 2.66. The summed E-state index contributed by atoms with van der Waals surface area (Å²) in [5.74, 6) is 1.83. The lowest BCUT2D eigenvalue weighted by Crippen LogP contribution is -2.49. The van der Waals surface area contributed by atoms with Crippen LogP contribution in [0.5, 0.6) is 0 Å². The Kier molecular flexibility index (Phi) is 3.68. The number of hydrogen-bond acceptors (Lipinski definition) is 2. The molecule has 1 heterocycles. The number of rotatable bonds is 1. The largest absolute Gasteiger partial charge is 0.327 e. The maximum Gasteiger partial charge on any atom is 0.0168 e. The molecule has 0 amide bonds. The van der Waals surface area contributed by atoms with Crippen molar-refractivity contribution in [2.24, 2.45) is 17.6 Å². The monoisotopic (exact) mass is 210 g/mol. The average molecular weight is 210 g/mol. The molecule has 2 N–H and O–H groups in total. The molecular formula is C13H26N2. The van der Waals surface area contributed by atoms with Gasteiger partial charge in [-0.1, -0.05) is 13.8 Å². The van der Waals surface area contributed by atoms with Crippen molar-refractivity contribution in [2.75, 3.05) is 13.1 Å². The number of nitrogens with two attached hydrogens (primary N) is 1. The van der Waals surface area contributed by atoms with E-state index in [0.29, 0.717) is 6.04 Å². The molecule has 4 atom stereocenters. The highest BCUT2D eigenvalue weighted by molar-refractivity contribution is 4.86. The van der Waals surface area contributed by atoms with Gasteiger partial charge < -0.3 is 5.73 Å². The molecule has 2 fully saturated rings. The van der Waals surface area contributed by atoms with Crippen molar-refractivity contribution >= 4 is 0 Å². The molecule has 1 saturated carbocycles. The molecule has 0 radical (unpaired) electrons. The Morgan fingerprint density at radius 2 is 1.87 bits per heavy atom. The molecule has 1 aliphatic heterocycles. The van der Waals surface area contributed by atoms with Crippen LogP contribution in [0.25, 0.3) is 0 Å². The minimum absolute atomic E-state index is 0.438. The van der Waals surface area contributed by atoms with Gasteiger partial charge in [0, 0.05) is 18.6 Å². The van der Waals surface area contributed by atoms with Gasteiger partial charge in [0.25, 0.3) is 0 Å². The molecule has 0 aromatic heterocycles. The van der Waals surface area contributed by atoms with Crippen LogP contribution in [-0.2, 0) is 0 Å². The fourth-order valence-electron chi connectivity index (χ4n) is 3.22. The van der Waals surface area contributed by atoms with E-state index in [2.05, 4.69) is 18.7 Å². The quantitative estimate of drug-likeness (QED) is 0.719. The van der Waals surface area contributed by atoms with Crippen LogP contribution < -0.4 is 5.73 Å². The van der Waals surface area contributed by atoms with Gasteiger partial charge in [-0.2, -0.15) is 0 Å². The molecule has 2 nitrogen and oxygen atoms in total. The highest BCUT2D eigenvalue weighted by Crippen LogP contribution is 2.32. The van der Waals surface area contributed by atoms with Crippen LogP contribution in [-0.4, -0.2) is 30.1 Å². The highest BCUT2D eigenvalue weighted by Gasteiger charge is 2.30. The summed E-state index contributed by atoms with van der Waals surface area (Å²) < 4.78 is 0. The number of nitrogens with zero attached hydrogens (tertiary/aromatic N) is 1. The van der Waals surface area contributed by atoms with E-state index in [1.807, 2.05) is 0 Å². The molecule has 88 valence electrons. The fourth-order valence-corrected chi connectivity index (χ4v) is 3.22. The van der Waals surface area contributed by atoms with Gasteiger partial charge in [-0.3, -0.25) is 4.90 Å². The van der Waals surface area contributed by atoms with Gasteiger partial charge in [-0.05, 0) is 50.5 Å². The van der Waals surface area contributed by atoms with Crippen molar-refractivity contribution in [1.29, 1.82) is 0 Å². The van der Waals surface area contributed by atoms with E-state index in [1.54, 1.807) is 0 Å². The van der Waals surface area contributed by atoms with Crippen LogP contribution in [0.15, 0.2) is 0 Å². The Morgan fingerprint density at radius 3 is 2.53 bits per heavy atom. The first-order valence-electron chi connectivity index (χ1n) is 6.66. The second-order valence-electron chi connectivity index (χ2n) is 5.82. The third-order valence-electron chi connectivity index (χ3n) is 4.58. The summed E-state index contributed by atoms with van der Waals surface area (Å²) in [5, 5.41) is 0. The van der Waals surface area contributed by atoms with E-state index in [0.717, 1.165) is 24.4 Å². The van der Waals surface area contributed by atoms with Crippen LogP contribution >= 0.6 is 0 Å². The first-order valence-corrected chi connectivity index (χ1v) is 6.66. The first kappa shape index (κ1) is 11.4. The molecular weight excluding hydrogens is 184 g/mol. The van der Waals surface area contributed by atoms with Gasteiger partial charge in [0.2, 0.25) is 0 Å².